The van der Waals surface area contributed by atoms with Crippen molar-refractivity contribution in [2.24, 2.45) is 0 Å². The molecule has 6 nitrogen and oxygen atoms in total. The minimum absolute atomic E-state index is 0.00196. The fourth-order valence-corrected chi connectivity index (χ4v) is 2.39. The Morgan fingerprint density at radius 1 is 1.30 bits per heavy atom. The van der Waals surface area contributed by atoms with Gasteiger partial charge in [0.05, 0.1) is 11.5 Å². The van der Waals surface area contributed by atoms with E-state index < -0.39 is 4.92 Å². The summed E-state index contributed by atoms with van der Waals surface area (Å²) < 4.78 is 5.19. The van der Waals surface area contributed by atoms with Crippen LogP contribution in [0.15, 0.2) is 40.5 Å². The van der Waals surface area contributed by atoms with Crippen LogP contribution in [0.1, 0.15) is 12.5 Å². The third-order valence-corrected chi connectivity index (χ3v) is 3.45. The number of benzene rings is 1. The highest BCUT2D eigenvalue weighted by Crippen LogP contribution is 2.37. The van der Waals surface area contributed by atoms with E-state index in [0.717, 1.165) is 10.5 Å². The Kier molecular flexibility index (Phi) is 4.52. The largest absolute Gasteiger partial charge is 0.473 e. The molecule has 0 spiro atoms. The smallest absolute Gasteiger partial charge is 0.363 e. The predicted molar refractivity (Wildman–Crippen MR) is 75.2 cm³/mol. The molecule has 0 radical (unpaired) electrons. The second-order valence-corrected chi connectivity index (χ2v) is 5.00. The number of hydrogen-bond acceptors (Lipinski definition) is 6. The monoisotopic (exact) mass is 291 g/mol. The molecule has 1 aromatic carbocycles. The molecule has 0 saturated carbocycles. The first kappa shape index (κ1) is 14.3. The Morgan fingerprint density at radius 3 is 2.60 bits per heavy atom. The lowest BCUT2D eigenvalue weighted by Gasteiger charge is -2.06. The van der Waals surface area contributed by atoms with Crippen LogP contribution in [0.5, 0.6) is 5.88 Å². The van der Waals surface area contributed by atoms with Gasteiger partial charge in [-0.05, 0) is 26.0 Å². The van der Waals surface area contributed by atoms with Crippen molar-refractivity contribution in [1.82, 2.24) is 9.97 Å². The molecule has 0 N–H and O–H groups in total. The SMILES string of the molecule is CCOc1ncnc(Sc2ccc(C)cc2)c1[N+](=O)[O-]. The van der Waals surface area contributed by atoms with Crippen molar-refractivity contribution in [3.63, 3.8) is 0 Å². The highest BCUT2D eigenvalue weighted by molar-refractivity contribution is 7.99. The van der Waals surface area contributed by atoms with Gasteiger partial charge in [0.1, 0.15) is 6.33 Å². The van der Waals surface area contributed by atoms with Gasteiger partial charge >= 0.3 is 5.69 Å². The third-order valence-electron chi connectivity index (χ3n) is 2.45. The highest BCUT2D eigenvalue weighted by atomic mass is 32.2. The Morgan fingerprint density at radius 2 is 2.00 bits per heavy atom. The summed E-state index contributed by atoms with van der Waals surface area (Å²) in [7, 11) is 0. The molecule has 0 aliphatic carbocycles. The molecule has 0 unspecified atom stereocenters. The summed E-state index contributed by atoms with van der Waals surface area (Å²) in [5, 5.41) is 11.5. The zero-order valence-electron chi connectivity index (χ0n) is 11.1. The van der Waals surface area contributed by atoms with E-state index in [-0.39, 0.29) is 16.6 Å². The van der Waals surface area contributed by atoms with Crippen molar-refractivity contribution in [3.05, 3.63) is 46.3 Å². The van der Waals surface area contributed by atoms with Gasteiger partial charge in [-0.2, -0.15) is 4.98 Å². The maximum atomic E-state index is 11.2. The summed E-state index contributed by atoms with van der Waals surface area (Å²) in [6.07, 6.45) is 1.27. The molecular formula is C13H13N3O3S. The zero-order valence-corrected chi connectivity index (χ0v) is 11.9. The number of aryl methyl sites for hydroxylation is 1. The zero-order chi connectivity index (χ0) is 14.5. The van der Waals surface area contributed by atoms with E-state index in [2.05, 4.69) is 9.97 Å². The molecule has 20 heavy (non-hydrogen) atoms. The number of ether oxygens (including phenoxy) is 1. The van der Waals surface area contributed by atoms with Crippen molar-refractivity contribution in [3.8, 4) is 5.88 Å². The Labute approximate surface area is 120 Å². The number of hydrogen-bond donors (Lipinski definition) is 0. The molecule has 0 fully saturated rings. The Bertz CT molecular complexity index is 617. The summed E-state index contributed by atoms with van der Waals surface area (Å²) in [6.45, 7) is 4.04. The summed E-state index contributed by atoms with van der Waals surface area (Å²) in [5.74, 6) is 0.00196. The molecule has 0 saturated heterocycles. The fourth-order valence-electron chi connectivity index (χ4n) is 1.54. The summed E-state index contributed by atoms with van der Waals surface area (Å²) >= 11 is 1.22. The van der Waals surface area contributed by atoms with Gasteiger partial charge in [0.25, 0.3) is 5.88 Å². The minimum Gasteiger partial charge on any atom is -0.473 e. The molecule has 2 aromatic rings. The molecule has 1 aromatic heterocycles. The first-order valence-corrected chi connectivity index (χ1v) is 6.80. The van der Waals surface area contributed by atoms with Gasteiger partial charge in [0, 0.05) is 4.90 Å². The summed E-state index contributed by atoms with van der Waals surface area (Å²) in [6, 6.07) is 7.68. The first-order chi connectivity index (χ1) is 9.61. The van der Waals surface area contributed by atoms with Gasteiger partial charge in [-0.15, -0.1) is 0 Å². The van der Waals surface area contributed by atoms with Crippen molar-refractivity contribution < 1.29 is 9.66 Å². The fraction of sp³-hybridized carbons (Fsp3) is 0.231. The van der Waals surface area contributed by atoms with Gasteiger partial charge < -0.3 is 4.74 Å². The van der Waals surface area contributed by atoms with Crippen molar-refractivity contribution in [2.75, 3.05) is 6.61 Å². The van der Waals surface area contributed by atoms with Crippen LogP contribution in [0.4, 0.5) is 5.69 Å². The van der Waals surface area contributed by atoms with E-state index >= 15 is 0 Å². The van der Waals surface area contributed by atoms with Gasteiger partial charge in [0.15, 0.2) is 5.03 Å². The van der Waals surface area contributed by atoms with Crippen LogP contribution >= 0.6 is 11.8 Å². The standard InChI is InChI=1S/C13H13N3O3S/c1-3-19-12-11(16(17)18)13(15-8-14-12)20-10-6-4-9(2)5-7-10/h4-8H,3H2,1-2H3. The van der Waals surface area contributed by atoms with Gasteiger partial charge in [-0.25, -0.2) is 4.98 Å². The second-order valence-electron chi connectivity index (χ2n) is 3.94. The lowest BCUT2D eigenvalue weighted by atomic mass is 10.2. The topological polar surface area (TPSA) is 78.2 Å². The second kappa shape index (κ2) is 6.33. The molecule has 2 rings (SSSR count). The molecule has 0 aliphatic rings. The molecule has 7 heteroatoms. The maximum Gasteiger partial charge on any atom is 0.363 e. The van der Waals surface area contributed by atoms with E-state index in [0.29, 0.717) is 6.61 Å². The van der Waals surface area contributed by atoms with E-state index in [1.165, 1.54) is 18.1 Å². The van der Waals surface area contributed by atoms with Gasteiger partial charge in [-0.1, -0.05) is 29.5 Å². The molecule has 0 bridgehead atoms. The Balaban J connectivity index is 2.37. The highest BCUT2D eigenvalue weighted by Gasteiger charge is 2.24. The number of aromatic nitrogens is 2. The van der Waals surface area contributed by atoms with Crippen molar-refractivity contribution in [2.45, 2.75) is 23.8 Å². The van der Waals surface area contributed by atoms with Crippen LogP contribution in [0.3, 0.4) is 0 Å². The number of nitro groups is 1. The molecule has 1 heterocycles. The van der Waals surface area contributed by atoms with Gasteiger partial charge in [0.2, 0.25) is 0 Å². The first-order valence-electron chi connectivity index (χ1n) is 5.98. The maximum absolute atomic E-state index is 11.2. The van der Waals surface area contributed by atoms with E-state index in [1.54, 1.807) is 6.92 Å². The normalized spacial score (nSPS) is 10.3. The van der Waals surface area contributed by atoms with E-state index in [9.17, 15) is 10.1 Å². The van der Waals surface area contributed by atoms with Crippen LogP contribution in [-0.4, -0.2) is 21.5 Å². The quantitative estimate of drug-likeness (QED) is 0.478. The summed E-state index contributed by atoms with van der Waals surface area (Å²) in [4.78, 5) is 19.4. The molecule has 104 valence electrons. The van der Waals surface area contributed by atoms with Crippen molar-refractivity contribution >= 4 is 17.4 Å². The number of nitrogens with zero attached hydrogens (tertiary/aromatic N) is 3. The number of rotatable bonds is 5. The average Bonchev–Trinajstić information content (AvgIpc) is 2.41. The minimum atomic E-state index is -0.512. The average molecular weight is 291 g/mol. The predicted octanol–water partition coefficient (Wildman–Crippen LogP) is 3.24. The van der Waals surface area contributed by atoms with E-state index in [1.807, 2.05) is 31.2 Å². The van der Waals surface area contributed by atoms with Crippen LogP contribution in [-0.2, 0) is 0 Å². The van der Waals surface area contributed by atoms with Crippen LogP contribution in [0, 0.1) is 17.0 Å². The summed E-state index contributed by atoms with van der Waals surface area (Å²) in [5.41, 5.74) is 0.932. The lowest BCUT2D eigenvalue weighted by Crippen LogP contribution is -2.02. The molecular weight excluding hydrogens is 278 g/mol. The molecule has 0 atom stereocenters. The van der Waals surface area contributed by atoms with Gasteiger partial charge in [-0.3, -0.25) is 10.1 Å². The van der Waals surface area contributed by atoms with Crippen molar-refractivity contribution in [1.29, 1.82) is 0 Å². The lowest BCUT2D eigenvalue weighted by molar-refractivity contribution is -0.389. The Hall–Kier alpha value is -2.15. The molecule has 0 amide bonds. The van der Waals surface area contributed by atoms with E-state index in [4.69, 9.17) is 4.74 Å². The van der Waals surface area contributed by atoms with Crippen LogP contribution in [0.25, 0.3) is 0 Å². The third kappa shape index (κ3) is 3.24. The molecule has 0 aliphatic heterocycles. The van der Waals surface area contributed by atoms with Crippen LogP contribution < -0.4 is 4.74 Å². The van der Waals surface area contributed by atoms with Crippen LogP contribution in [0.2, 0.25) is 0 Å².